The Morgan fingerprint density at radius 1 is 0.566 bits per heavy atom. The average Bonchev–Trinajstić information content (AvgIpc) is 3.10. The molecule has 0 saturated carbocycles. The van der Waals surface area contributed by atoms with Crippen LogP contribution >= 0.6 is 0 Å². The number of nitrogens with zero attached hydrogens (tertiary/aromatic N) is 9. The molecule has 0 aliphatic heterocycles. The topological polar surface area (TPSA) is 343 Å². The summed E-state index contributed by atoms with van der Waals surface area (Å²) in [6, 6.07) is 18.0. The Bertz CT molecular complexity index is 2600. The number of nitro benzene ring substituents is 1. The van der Waals surface area contributed by atoms with Crippen LogP contribution in [0.1, 0.15) is 0 Å². The molecule has 21 nitrogen and oxygen atoms in total. The van der Waals surface area contributed by atoms with E-state index >= 15 is 0 Å². The second-order valence-corrected chi connectivity index (χ2v) is 13.3. The third-order valence-electron chi connectivity index (χ3n) is 6.76. The van der Waals surface area contributed by atoms with E-state index < -0.39 is 57.8 Å². The maximum Gasteiger partial charge on any atom is 0.296 e. The summed E-state index contributed by atoms with van der Waals surface area (Å²) in [5.41, 5.74) is 11.0. The molecule has 0 aromatic heterocycles. The van der Waals surface area contributed by atoms with E-state index in [-0.39, 0.29) is 51.2 Å². The number of benzene rings is 5. The molecule has 270 valence electrons. The van der Waals surface area contributed by atoms with Crippen LogP contribution in [0.25, 0.3) is 0 Å². The zero-order chi connectivity index (χ0) is 38.5. The smallest absolute Gasteiger partial charge is 0.296 e. The summed E-state index contributed by atoms with van der Waals surface area (Å²) >= 11 is 0. The van der Waals surface area contributed by atoms with Crippen LogP contribution in [0.15, 0.2) is 142 Å². The normalized spacial score (nSPS) is 12.4. The summed E-state index contributed by atoms with van der Waals surface area (Å²) in [5.74, 6) is -1.32. The minimum absolute atomic E-state index is 0.0245. The van der Waals surface area contributed by atoms with Gasteiger partial charge >= 0.3 is 0 Å². The van der Waals surface area contributed by atoms with E-state index in [9.17, 15) is 46.3 Å². The van der Waals surface area contributed by atoms with E-state index in [0.29, 0.717) is 0 Å². The van der Waals surface area contributed by atoms with Gasteiger partial charge in [0.2, 0.25) is 0 Å². The van der Waals surface area contributed by atoms with Crippen LogP contribution in [0.4, 0.5) is 62.6 Å². The highest BCUT2D eigenvalue weighted by molar-refractivity contribution is 7.86. The summed E-state index contributed by atoms with van der Waals surface area (Å²) in [6.07, 6.45) is 0. The number of nitrogen functional groups attached to an aromatic ring is 2. The van der Waals surface area contributed by atoms with Gasteiger partial charge in [0.05, 0.1) is 38.3 Å². The van der Waals surface area contributed by atoms with Gasteiger partial charge in [-0.3, -0.25) is 19.2 Å². The van der Waals surface area contributed by atoms with Crippen LogP contribution in [0.3, 0.4) is 0 Å². The molecule has 53 heavy (non-hydrogen) atoms. The Kier molecular flexibility index (Phi) is 10.5. The Morgan fingerprint density at radius 2 is 1.13 bits per heavy atom. The Hall–Kier alpha value is -7.08. The zero-order valence-corrected chi connectivity index (χ0v) is 28.0. The van der Waals surface area contributed by atoms with Crippen LogP contribution < -0.4 is 11.5 Å². The summed E-state index contributed by atoms with van der Waals surface area (Å²) in [4.78, 5) is 9.14. The van der Waals surface area contributed by atoms with Gasteiger partial charge in [0.25, 0.3) is 25.9 Å². The van der Waals surface area contributed by atoms with Gasteiger partial charge in [0, 0.05) is 12.1 Å². The number of nitrogens with two attached hydrogens (primary N) is 2. The maximum absolute atomic E-state index is 12.1. The number of phenolic OH excluding ortho intramolecular Hbond substituents is 2. The van der Waals surface area contributed by atoms with Gasteiger partial charge in [-0.25, -0.2) is 0 Å². The van der Waals surface area contributed by atoms with Crippen molar-refractivity contribution in [3.63, 3.8) is 0 Å². The number of non-ortho nitro benzene ring substituents is 1. The molecule has 5 rings (SSSR count). The number of nitro groups is 1. The predicted octanol–water partition coefficient (Wildman–Crippen LogP) is 8.33. The standard InChI is InChI=1S/C30H23N11O10S2/c31-21-14-22(32)25(15-24(21)37-34-17-2-1-3-20(12-17)52(46,47)48)38-35-18-6-11-28(53(49,50)51)26(13-18)39-40-29-27(42)10-9-23(30(29)43)36-33-16-4-7-19(8-5-16)41(44)45/h1-15,42-43H,31-32H2,(H,46,47,48)(H,49,50,51). The lowest BCUT2D eigenvalue weighted by molar-refractivity contribution is -0.384. The molecule has 0 atom stereocenters. The van der Waals surface area contributed by atoms with Crippen molar-refractivity contribution in [3.8, 4) is 11.5 Å². The lowest BCUT2D eigenvalue weighted by atomic mass is 10.2. The van der Waals surface area contributed by atoms with Crippen molar-refractivity contribution in [2.75, 3.05) is 11.5 Å². The van der Waals surface area contributed by atoms with Crippen LogP contribution in [0, 0.1) is 10.1 Å². The largest absolute Gasteiger partial charge is 0.505 e. The molecule has 0 heterocycles. The number of aromatic hydroxyl groups is 2. The lowest BCUT2D eigenvalue weighted by Gasteiger charge is -2.06. The number of azo groups is 4. The predicted molar refractivity (Wildman–Crippen MR) is 187 cm³/mol. The molecule has 0 aliphatic carbocycles. The fourth-order valence-electron chi connectivity index (χ4n) is 4.17. The Morgan fingerprint density at radius 3 is 1.74 bits per heavy atom. The van der Waals surface area contributed by atoms with Gasteiger partial charge < -0.3 is 21.7 Å². The molecular weight excluding hydrogens is 739 g/mol. The Labute approximate surface area is 298 Å². The van der Waals surface area contributed by atoms with Crippen LogP contribution in [-0.4, -0.2) is 41.1 Å². The molecule has 8 N–H and O–H groups in total. The highest BCUT2D eigenvalue weighted by atomic mass is 32.2. The van der Waals surface area contributed by atoms with Gasteiger partial charge in [0.15, 0.2) is 11.4 Å². The molecule has 5 aromatic carbocycles. The molecule has 5 aromatic rings. The van der Waals surface area contributed by atoms with Crippen molar-refractivity contribution >= 4 is 82.8 Å². The molecule has 0 aliphatic rings. The van der Waals surface area contributed by atoms with Gasteiger partial charge in [0.1, 0.15) is 33.4 Å². The van der Waals surface area contributed by atoms with Crippen LogP contribution in [0.2, 0.25) is 0 Å². The highest BCUT2D eigenvalue weighted by Crippen LogP contribution is 2.45. The summed E-state index contributed by atoms with van der Waals surface area (Å²) < 4.78 is 66.1. The highest BCUT2D eigenvalue weighted by Gasteiger charge is 2.18. The third kappa shape index (κ3) is 9.18. The van der Waals surface area contributed by atoms with Crippen molar-refractivity contribution < 1.29 is 41.1 Å². The number of hydrogen-bond donors (Lipinski definition) is 6. The number of phenols is 2. The first-order chi connectivity index (χ1) is 25.0. The molecular formula is C30H23N11O10S2. The van der Waals surface area contributed by atoms with E-state index in [4.69, 9.17) is 11.5 Å². The summed E-state index contributed by atoms with van der Waals surface area (Å²) in [6.45, 7) is 0. The molecule has 0 amide bonds. The molecule has 0 saturated heterocycles. The van der Waals surface area contributed by atoms with Crippen molar-refractivity contribution in [1.82, 2.24) is 0 Å². The minimum atomic E-state index is -4.89. The number of hydrogen-bond acceptors (Lipinski definition) is 18. The second kappa shape index (κ2) is 15.0. The van der Waals surface area contributed by atoms with E-state index in [1.807, 2.05) is 0 Å². The fraction of sp³-hybridized carbons (Fsp3) is 0. The quantitative estimate of drug-likeness (QED) is 0.0243. The molecule has 0 spiro atoms. The van der Waals surface area contributed by atoms with Crippen molar-refractivity contribution in [2.45, 2.75) is 9.79 Å². The lowest BCUT2D eigenvalue weighted by Crippen LogP contribution is -1.97. The third-order valence-corrected chi connectivity index (χ3v) is 8.51. The van der Waals surface area contributed by atoms with Gasteiger partial charge in [-0.15, -0.1) is 25.6 Å². The molecule has 23 heteroatoms. The molecule has 0 fully saturated rings. The molecule has 0 bridgehead atoms. The van der Waals surface area contributed by atoms with Crippen LogP contribution in [-0.2, 0) is 20.2 Å². The first-order valence-electron chi connectivity index (χ1n) is 14.3. The molecule has 0 radical (unpaired) electrons. The SMILES string of the molecule is Nc1cc(N)c(N=Nc2ccc(S(=O)(=O)O)c(N=Nc3c(O)ccc(N=Nc4ccc([N+](=O)[O-])cc4)c3O)c2)cc1N=Nc1cccc(S(=O)(=O)O)c1. The van der Waals surface area contributed by atoms with Crippen molar-refractivity contribution in [3.05, 3.63) is 101 Å². The van der Waals surface area contributed by atoms with Crippen molar-refractivity contribution in [2.24, 2.45) is 40.9 Å². The first kappa shape index (κ1) is 37.2. The fourth-order valence-corrected chi connectivity index (χ4v) is 5.30. The number of rotatable bonds is 11. The average molecular weight is 762 g/mol. The van der Waals surface area contributed by atoms with E-state index in [1.54, 1.807) is 0 Å². The number of anilines is 2. The van der Waals surface area contributed by atoms with E-state index in [2.05, 4.69) is 40.9 Å². The second-order valence-electron chi connectivity index (χ2n) is 10.4. The molecule has 0 unspecified atom stereocenters. The summed E-state index contributed by atoms with van der Waals surface area (Å²) in [7, 11) is -9.37. The van der Waals surface area contributed by atoms with Crippen LogP contribution in [0.5, 0.6) is 11.5 Å². The summed E-state index contributed by atoms with van der Waals surface area (Å²) in [5, 5.41) is 63.2. The van der Waals surface area contributed by atoms with E-state index in [1.165, 1.54) is 54.6 Å². The van der Waals surface area contributed by atoms with E-state index in [0.717, 1.165) is 36.4 Å². The zero-order valence-electron chi connectivity index (χ0n) is 26.4. The van der Waals surface area contributed by atoms with Gasteiger partial charge in [-0.2, -0.15) is 32.2 Å². The van der Waals surface area contributed by atoms with Gasteiger partial charge in [-0.1, -0.05) is 6.07 Å². The van der Waals surface area contributed by atoms with Crippen molar-refractivity contribution in [1.29, 1.82) is 0 Å². The maximum atomic E-state index is 12.1. The Balaban J connectivity index is 1.44. The van der Waals surface area contributed by atoms with Gasteiger partial charge in [-0.05, 0) is 72.8 Å². The minimum Gasteiger partial charge on any atom is -0.505 e. The monoisotopic (exact) mass is 761 g/mol. The first-order valence-corrected chi connectivity index (χ1v) is 17.2.